The van der Waals surface area contributed by atoms with Crippen LogP contribution in [0.4, 0.5) is 5.69 Å². The molecule has 0 bridgehead atoms. The van der Waals surface area contributed by atoms with Crippen molar-refractivity contribution in [3.05, 3.63) is 100 Å². The summed E-state index contributed by atoms with van der Waals surface area (Å²) >= 11 is 1.25. The number of furan rings is 1. The maximum atomic E-state index is 13.4. The van der Waals surface area contributed by atoms with Crippen LogP contribution in [-0.2, 0) is 22.6 Å². The number of carbonyl (C=O) groups excluding carboxylic acids is 2. The smallest absolute Gasteiger partial charge is 0.265 e. The number of carbonyl (C=O) groups is 2. The number of thioether (sulfide) groups is 1. The molecular formula is C25H21N3O3S. The summed E-state index contributed by atoms with van der Waals surface area (Å²) < 4.78 is 5.24. The van der Waals surface area contributed by atoms with E-state index in [-0.39, 0.29) is 18.0 Å². The van der Waals surface area contributed by atoms with Crippen LogP contribution in [0.3, 0.4) is 0 Å². The van der Waals surface area contributed by atoms with Gasteiger partial charge in [-0.05, 0) is 43.2 Å². The van der Waals surface area contributed by atoms with Crippen LogP contribution in [0.5, 0.6) is 0 Å². The highest BCUT2D eigenvalue weighted by molar-refractivity contribution is 8.05. The van der Waals surface area contributed by atoms with Gasteiger partial charge < -0.3 is 9.73 Å². The minimum absolute atomic E-state index is 0.0924. The monoisotopic (exact) mass is 443 g/mol. The quantitative estimate of drug-likeness (QED) is 0.453. The van der Waals surface area contributed by atoms with Crippen LogP contribution in [0.2, 0.25) is 0 Å². The van der Waals surface area contributed by atoms with E-state index in [9.17, 15) is 14.9 Å². The number of nitrogens with zero attached hydrogens (tertiary/aromatic N) is 2. The zero-order valence-electron chi connectivity index (χ0n) is 17.4. The number of benzene rings is 2. The molecule has 1 atom stereocenters. The van der Waals surface area contributed by atoms with Gasteiger partial charge in [0.1, 0.15) is 22.4 Å². The van der Waals surface area contributed by atoms with Gasteiger partial charge in [-0.25, -0.2) is 0 Å². The van der Waals surface area contributed by atoms with Crippen LogP contribution in [0, 0.1) is 18.3 Å². The first-order valence-corrected chi connectivity index (χ1v) is 11.0. The van der Waals surface area contributed by atoms with Crippen LogP contribution in [0.25, 0.3) is 0 Å². The highest BCUT2D eigenvalue weighted by Gasteiger charge is 2.40. The van der Waals surface area contributed by atoms with E-state index in [1.165, 1.54) is 22.9 Å². The van der Waals surface area contributed by atoms with Gasteiger partial charge in [-0.3, -0.25) is 14.5 Å². The molecule has 1 fully saturated rings. The molecule has 1 aliphatic heterocycles. The Kier molecular flexibility index (Phi) is 6.43. The van der Waals surface area contributed by atoms with Crippen molar-refractivity contribution in [3.63, 3.8) is 0 Å². The lowest BCUT2D eigenvalue weighted by Gasteiger charge is -2.18. The number of para-hydroxylation sites is 1. The number of aryl methyl sites for hydroxylation is 1. The van der Waals surface area contributed by atoms with E-state index in [0.717, 1.165) is 11.1 Å². The minimum atomic E-state index is -0.545. The first-order valence-electron chi connectivity index (χ1n) is 10.1. The van der Waals surface area contributed by atoms with Gasteiger partial charge in [-0.15, -0.1) is 0 Å². The summed E-state index contributed by atoms with van der Waals surface area (Å²) in [6, 6.07) is 22.6. The van der Waals surface area contributed by atoms with Crippen molar-refractivity contribution < 1.29 is 14.0 Å². The molecule has 1 aromatic heterocycles. The number of nitriles is 1. The maximum Gasteiger partial charge on any atom is 0.265 e. The molecule has 3 aromatic rings. The molecule has 6 nitrogen and oxygen atoms in total. The molecule has 1 aliphatic rings. The zero-order chi connectivity index (χ0) is 22.5. The zero-order valence-corrected chi connectivity index (χ0v) is 18.3. The van der Waals surface area contributed by atoms with Crippen LogP contribution in [0.1, 0.15) is 16.9 Å². The van der Waals surface area contributed by atoms with Crippen LogP contribution < -0.4 is 10.2 Å². The van der Waals surface area contributed by atoms with Crippen molar-refractivity contribution in [2.24, 2.45) is 0 Å². The van der Waals surface area contributed by atoms with Crippen molar-refractivity contribution in [1.29, 1.82) is 5.26 Å². The fourth-order valence-corrected chi connectivity index (χ4v) is 4.71. The minimum Gasteiger partial charge on any atom is -0.467 e. The molecule has 4 rings (SSSR count). The summed E-state index contributed by atoms with van der Waals surface area (Å²) in [7, 11) is 0. The van der Waals surface area contributed by atoms with Crippen molar-refractivity contribution in [2.45, 2.75) is 25.1 Å². The number of amides is 2. The van der Waals surface area contributed by atoms with E-state index < -0.39 is 11.2 Å². The molecule has 2 amide bonds. The largest absolute Gasteiger partial charge is 0.467 e. The van der Waals surface area contributed by atoms with Gasteiger partial charge in [0.15, 0.2) is 0 Å². The van der Waals surface area contributed by atoms with Crippen molar-refractivity contribution >= 4 is 29.3 Å². The average molecular weight is 444 g/mol. The number of nitrogens with one attached hydrogen (secondary N) is 1. The molecule has 1 unspecified atom stereocenters. The topological polar surface area (TPSA) is 86.3 Å². The van der Waals surface area contributed by atoms with Crippen LogP contribution in [0.15, 0.2) is 88.0 Å². The van der Waals surface area contributed by atoms with Gasteiger partial charge in [0.2, 0.25) is 5.91 Å². The van der Waals surface area contributed by atoms with Gasteiger partial charge in [-0.2, -0.15) is 5.26 Å². The molecule has 1 saturated heterocycles. The fourth-order valence-electron chi connectivity index (χ4n) is 3.41. The number of anilines is 1. The molecule has 7 heteroatoms. The number of hydrogen-bond acceptors (Lipinski definition) is 5. The Hall–Kier alpha value is -3.76. The lowest BCUT2D eigenvalue weighted by Crippen LogP contribution is -2.32. The van der Waals surface area contributed by atoms with Crippen LogP contribution in [-0.4, -0.2) is 17.1 Å². The first-order chi connectivity index (χ1) is 15.6. The third-order valence-electron chi connectivity index (χ3n) is 5.06. The highest BCUT2D eigenvalue weighted by Crippen LogP contribution is 2.41. The molecule has 0 saturated carbocycles. The number of rotatable bonds is 6. The van der Waals surface area contributed by atoms with Gasteiger partial charge in [-0.1, -0.05) is 59.8 Å². The highest BCUT2D eigenvalue weighted by atomic mass is 32.2. The maximum absolute atomic E-state index is 13.4. The molecule has 1 N–H and O–H groups in total. The van der Waals surface area contributed by atoms with E-state index in [2.05, 4.69) is 5.32 Å². The molecular weight excluding hydrogens is 422 g/mol. The lowest BCUT2D eigenvalue weighted by molar-refractivity contribution is -0.117. The molecule has 0 spiro atoms. The Bertz CT molecular complexity index is 1180. The van der Waals surface area contributed by atoms with Gasteiger partial charge in [0.25, 0.3) is 5.91 Å². The molecule has 160 valence electrons. The van der Waals surface area contributed by atoms with Crippen LogP contribution >= 0.6 is 11.8 Å². The molecule has 0 radical (unpaired) electrons. The van der Waals surface area contributed by atoms with E-state index in [1.807, 2.05) is 55.5 Å². The molecule has 2 heterocycles. The van der Waals surface area contributed by atoms with Crippen molar-refractivity contribution in [2.75, 3.05) is 4.90 Å². The van der Waals surface area contributed by atoms with Crippen molar-refractivity contribution in [3.8, 4) is 6.07 Å². The van der Waals surface area contributed by atoms with Crippen molar-refractivity contribution in [1.82, 2.24) is 5.32 Å². The summed E-state index contributed by atoms with van der Waals surface area (Å²) in [5.41, 5.74) is 2.70. The summed E-state index contributed by atoms with van der Waals surface area (Å²) in [5, 5.41) is 12.4. The lowest BCUT2D eigenvalue weighted by atomic mass is 10.1. The number of hydrogen-bond donors (Lipinski definition) is 1. The standard InChI is InChI=1S/C25H21N3O3S/c1-17-9-11-18(12-10-17)14-22-24(30)28(19-6-3-2-4-7-19)25(32-22)21(15-26)23(29)27-16-20-8-5-13-31-20/h2-13,22H,14,16H2,1H3,(H,27,29). The average Bonchev–Trinajstić information content (AvgIpc) is 3.43. The summed E-state index contributed by atoms with van der Waals surface area (Å²) in [6.07, 6.45) is 2.02. The van der Waals surface area contributed by atoms with Gasteiger partial charge >= 0.3 is 0 Å². The second-order valence-corrected chi connectivity index (χ2v) is 8.55. The molecule has 0 aliphatic carbocycles. The summed E-state index contributed by atoms with van der Waals surface area (Å²) in [6.45, 7) is 2.17. The Morgan fingerprint density at radius 2 is 1.88 bits per heavy atom. The third kappa shape index (κ3) is 4.61. The Labute approximate surface area is 190 Å². The van der Waals surface area contributed by atoms with E-state index >= 15 is 0 Å². The predicted octanol–water partition coefficient (Wildman–Crippen LogP) is 4.33. The molecule has 2 aromatic carbocycles. The summed E-state index contributed by atoms with van der Waals surface area (Å²) in [5.74, 6) is -0.118. The second-order valence-electron chi connectivity index (χ2n) is 7.36. The third-order valence-corrected chi connectivity index (χ3v) is 6.33. The SMILES string of the molecule is Cc1ccc(CC2SC(=C(C#N)C(=O)NCc3ccco3)N(c3ccccc3)C2=O)cc1. The predicted molar refractivity (Wildman–Crippen MR) is 123 cm³/mol. The Morgan fingerprint density at radius 3 is 2.53 bits per heavy atom. The molecule has 32 heavy (non-hydrogen) atoms. The second kappa shape index (κ2) is 9.58. The fraction of sp³-hybridized carbons (Fsp3) is 0.160. The Balaban J connectivity index is 1.66. The van der Waals surface area contributed by atoms with E-state index in [4.69, 9.17) is 4.42 Å². The van der Waals surface area contributed by atoms with E-state index in [1.54, 1.807) is 24.3 Å². The summed E-state index contributed by atoms with van der Waals surface area (Å²) in [4.78, 5) is 27.7. The van der Waals surface area contributed by atoms with Gasteiger partial charge in [0.05, 0.1) is 18.1 Å². The Morgan fingerprint density at radius 1 is 1.12 bits per heavy atom. The van der Waals surface area contributed by atoms with Gasteiger partial charge in [0, 0.05) is 5.69 Å². The van der Waals surface area contributed by atoms with E-state index in [0.29, 0.717) is 22.9 Å². The normalized spacial score (nSPS) is 17.2. The first kappa shape index (κ1) is 21.5.